The Kier molecular flexibility index (Phi) is 5.91. The molecule has 134 valence electrons. The second kappa shape index (κ2) is 7.14. The van der Waals surface area contributed by atoms with Gasteiger partial charge in [0.1, 0.15) is 6.04 Å². The molecule has 0 saturated heterocycles. The van der Waals surface area contributed by atoms with Crippen LogP contribution in [0.15, 0.2) is 24.3 Å². The van der Waals surface area contributed by atoms with Crippen LogP contribution in [0.3, 0.4) is 0 Å². The molecule has 1 rings (SSSR count). The fourth-order valence-corrected chi connectivity index (χ4v) is 1.95. The van der Waals surface area contributed by atoms with Crippen LogP contribution in [-0.2, 0) is 21.2 Å². The maximum atomic E-state index is 12.8. The van der Waals surface area contributed by atoms with Crippen molar-refractivity contribution in [1.82, 2.24) is 5.32 Å². The van der Waals surface area contributed by atoms with Gasteiger partial charge in [-0.2, -0.15) is 13.2 Å². The molecule has 9 heteroatoms. The standard InChI is InChI=1S/C15H16F5NO3/c1-14(2,8-4-3-5-9(6-8)15(18,19)20)13(24)21-10(12(22)23)7-11(16)17/h3-6,10-11H,7H2,1-2H3,(H,21,24)(H,22,23). The van der Waals surface area contributed by atoms with E-state index in [1.807, 2.05) is 5.32 Å². The van der Waals surface area contributed by atoms with Crippen LogP contribution in [-0.4, -0.2) is 29.5 Å². The lowest BCUT2D eigenvalue weighted by Crippen LogP contribution is -2.49. The average Bonchev–Trinajstić information content (AvgIpc) is 2.45. The Morgan fingerprint density at radius 2 is 1.71 bits per heavy atom. The van der Waals surface area contributed by atoms with E-state index in [0.717, 1.165) is 18.2 Å². The van der Waals surface area contributed by atoms with Crippen molar-refractivity contribution in [2.24, 2.45) is 0 Å². The smallest absolute Gasteiger partial charge is 0.416 e. The molecule has 1 unspecified atom stereocenters. The molecule has 0 saturated carbocycles. The molecule has 0 aliphatic heterocycles. The predicted molar refractivity (Wildman–Crippen MR) is 74.7 cm³/mol. The fraction of sp³-hybridized carbons (Fsp3) is 0.467. The van der Waals surface area contributed by atoms with E-state index in [9.17, 15) is 31.5 Å². The predicted octanol–water partition coefficient (Wildman–Crippen LogP) is 3.21. The van der Waals surface area contributed by atoms with E-state index in [4.69, 9.17) is 5.11 Å². The van der Waals surface area contributed by atoms with Crippen molar-refractivity contribution in [2.75, 3.05) is 0 Å². The zero-order chi connectivity index (χ0) is 18.7. The van der Waals surface area contributed by atoms with E-state index in [-0.39, 0.29) is 5.56 Å². The molecule has 0 aliphatic carbocycles. The minimum absolute atomic E-state index is 0.0176. The first-order valence-corrected chi connectivity index (χ1v) is 6.85. The molecule has 1 atom stereocenters. The molecule has 0 aliphatic rings. The topological polar surface area (TPSA) is 66.4 Å². The number of carboxylic acids is 1. The lowest BCUT2D eigenvalue weighted by molar-refractivity contribution is -0.143. The number of benzene rings is 1. The van der Waals surface area contributed by atoms with Crippen LogP contribution in [0.1, 0.15) is 31.4 Å². The van der Waals surface area contributed by atoms with Gasteiger partial charge in [-0.3, -0.25) is 4.79 Å². The third-order valence-corrected chi connectivity index (χ3v) is 3.50. The Balaban J connectivity index is 3.06. The summed E-state index contributed by atoms with van der Waals surface area (Å²) in [7, 11) is 0. The molecule has 0 fully saturated rings. The normalized spacial score (nSPS) is 13.7. The van der Waals surface area contributed by atoms with Gasteiger partial charge in [0.15, 0.2) is 0 Å². The number of rotatable bonds is 6. The van der Waals surface area contributed by atoms with E-state index in [0.29, 0.717) is 0 Å². The Morgan fingerprint density at radius 3 is 2.17 bits per heavy atom. The van der Waals surface area contributed by atoms with Gasteiger partial charge in [0.25, 0.3) is 0 Å². The Morgan fingerprint density at radius 1 is 1.17 bits per heavy atom. The summed E-state index contributed by atoms with van der Waals surface area (Å²) in [4.78, 5) is 23.1. The first-order chi connectivity index (χ1) is 10.9. The minimum atomic E-state index is -4.61. The third-order valence-electron chi connectivity index (χ3n) is 3.50. The highest BCUT2D eigenvalue weighted by Crippen LogP contribution is 2.33. The molecular formula is C15H16F5NO3. The number of carbonyl (C=O) groups excluding carboxylic acids is 1. The number of carboxylic acid groups (broad SMARTS) is 1. The summed E-state index contributed by atoms with van der Waals surface area (Å²) in [6.45, 7) is 2.55. The van der Waals surface area contributed by atoms with Gasteiger partial charge < -0.3 is 10.4 Å². The van der Waals surface area contributed by atoms with Crippen molar-refractivity contribution < 1.29 is 36.6 Å². The number of aliphatic carboxylic acids is 1. The van der Waals surface area contributed by atoms with E-state index >= 15 is 0 Å². The van der Waals surface area contributed by atoms with E-state index in [1.165, 1.54) is 19.9 Å². The second-order valence-corrected chi connectivity index (χ2v) is 5.69. The van der Waals surface area contributed by atoms with E-state index < -0.39 is 47.9 Å². The highest BCUT2D eigenvalue weighted by Gasteiger charge is 2.36. The average molecular weight is 353 g/mol. The van der Waals surface area contributed by atoms with Gasteiger partial charge >= 0.3 is 12.1 Å². The van der Waals surface area contributed by atoms with Crippen molar-refractivity contribution in [1.29, 1.82) is 0 Å². The molecule has 2 N–H and O–H groups in total. The van der Waals surface area contributed by atoms with Crippen molar-refractivity contribution in [3.05, 3.63) is 35.4 Å². The first kappa shape index (κ1) is 19.9. The number of alkyl halides is 5. The van der Waals surface area contributed by atoms with Crippen molar-refractivity contribution in [3.8, 4) is 0 Å². The maximum absolute atomic E-state index is 12.8. The Hall–Kier alpha value is -2.19. The van der Waals surface area contributed by atoms with E-state index in [2.05, 4.69) is 0 Å². The lowest BCUT2D eigenvalue weighted by Gasteiger charge is -2.27. The van der Waals surface area contributed by atoms with Gasteiger partial charge in [-0.25, -0.2) is 13.6 Å². The number of halogens is 5. The van der Waals surface area contributed by atoms with Gasteiger partial charge in [-0.05, 0) is 25.5 Å². The summed E-state index contributed by atoms with van der Waals surface area (Å²) >= 11 is 0. The third kappa shape index (κ3) is 4.90. The molecular weight excluding hydrogens is 337 g/mol. The van der Waals surface area contributed by atoms with Crippen LogP contribution < -0.4 is 5.32 Å². The molecule has 0 radical (unpaired) electrons. The van der Waals surface area contributed by atoms with Crippen LogP contribution in [0.4, 0.5) is 22.0 Å². The van der Waals surface area contributed by atoms with Gasteiger partial charge in [-0.15, -0.1) is 0 Å². The largest absolute Gasteiger partial charge is 0.480 e. The summed E-state index contributed by atoms with van der Waals surface area (Å²) in [6.07, 6.45) is -8.66. The van der Waals surface area contributed by atoms with Crippen LogP contribution in [0.5, 0.6) is 0 Å². The Labute approximate surface area is 134 Å². The van der Waals surface area contributed by atoms with Crippen LogP contribution in [0.2, 0.25) is 0 Å². The Bertz CT molecular complexity index is 613. The summed E-state index contributed by atoms with van der Waals surface area (Å²) in [6, 6.07) is 2.15. The SMILES string of the molecule is CC(C)(C(=O)NC(CC(F)F)C(=O)O)c1cccc(C(F)(F)F)c1. The van der Waals surface area contributed by atoms with Crippen LogP contribution in [0.25, 0.3) is 0 Å². The summed E-state index contributed by atoms with van der Waals surface area (Å²) in [5.41, 5.74) is -2.53. The molecule has 0 spiro atoms. The fourth-order valence-electron chi connectivity index (χ4n) is 1.95. The molecule has 1 amide bonds. The monoisotopic (exact) mass is 353 g/mol. The number of carbonyl (C=O) groups is 2. The van der Waals surface area contributed by atoms with Crippen molar-refractivity contribution in [2.45, 2.75) is 44.3 Å². The number of hydrogen-bond donors (Lipinski definition) is 2. The zero-order valence-corrected chi connectivity index (χ0v) is 12.8. The van der Waals surface area contributed by atoms with Crippen molar-refractivity contribution >= 4 is 11.9 Å². The highest BCUT2D eigenvalue weighted by molar-refractivity contribution is 5.90. The number of hydrogen-bond acceptors (Lipinski definition) is 2. The zero-order valence-electron chi connectivity index (χ0n) is 12.8. The van der Waals surface area contributed by atoms with Gasteiger partial charge in [0, 0.05) is 6.42 Å². The molecule has 0 aromatic heterocycles. The molecule has 24 heavy (non-hydrogen) atoms. The summed E-state index contributed by atoms with van der Waals surface area (Å²) < 4.78 is 63.0. The summed E-state index contributed by atoms with van der Waals surface area (Å²) in [5, 5.41) is 10.8. The number of amides is 1. The quantitative estimate of drug-likeness (QED) is 0.772. The molecule has 0 bridgehead atoms. The number of nitrogens with one attached hydrogen (secondary N) is 1. The lowest BCUT2D eigenvalue weighted by atomic mass is 9.82. The highest BCUT2D eigenvalue weighted by atomic mass is 19.4. The van der Waals surface area contributed by atoms with Crippen molar-refractivity contribution in [3.63, 3.8) is 0 Å². The van der Waals surface area contributed by atoms with Crippen LogP contribution in [0, 0.1) is 0 Å². The van der Waals surface area contributed by atoms with Gasteiger partial charge in [-0.1, -0.05) is 18.2 Å². The van der Waals surface area contributed by atoms with E-state index in [1.54, 1.807) is 0 Å². The van der Waals surface area contributed by atoms with Crippen LogP contribution >= 0.6 is 0 Å². The maximum Gasteiger partial charge on any atom is 0.416 e. The molecule has 1 aromatic carbocycles. The molecule has 0 heterocycles. The second-order valence-electron chi connectivity index (χ2n) is 5.69. The van der Waals surface area contributed by atoms with Gasteiger partial charge in [0.05, 0.1) is 11.0 Å². The minimum Gasteiger partial charge on any atom is -0.480 e. The van der Waals surface area contributed by atoms with Gasteiger partial charge in [0.2, 0.25) is 12.3 Å². The summed E-state index contributed by atoms with van der Waals surface area (Å²) in [5.74, 6) is -2.61. The first-order valence-electron chi connectivity index (χ1n) is 6.85. The molecule has 4 nitrogen and oxygen atoms in total. The molecule has 1 aromatic rings.